The first kappa shape index (κ1) is 9.91. The van der Waals surface area contributed by atoms with E-state index < -0.39 is 17.5 Å². The Morgan fingerprint density at radius 1 is 1.20 bits per heavy atom. The molecule has 0 aliphatic rings. The molecule has 0 fully saturated rings. The van der Waals surface area contributed by atoms with E-state index >= 15 is 0 Å². The Kier molecular flexibility index (Phi) is 2.31. The summed E-state index contributed by atoms with van der Waals surface area (Å²) in [6.07, 6.45) is 0. The molecule has 0 atom stereocenters. The van der Waals surface area contributed by atoms with Crippen LogP contribution in [0.3, 0.4) is 0 Å². The molecule has 3 nitrogen and oxygen atoms in total. The maximum Gasteiger partial charge on any atom is 0.200 e. The van der Waals surface area contributed by atoms with Crippen molar-refractivity contribution in [2.75, 3.05) is 5.73 Å². The molecule has 0 unspecified atom stereocenters. The summed E-state index contributed by atoms with van der Waals surface area (Å²) in [5.41, 5.74) is 4.94. The fraction of sp³-hybridized carbons (Fsp3) is 0. The molecule has 0 bridgehead atoms. The quantitative estimate of drug-likeness (QED) is 0.765. The first-order chi connectivity index (χ1) is 7.08. The Bertz CT molecular complexity index is 512. The van der Waals surface area contributed by atoms with Gasteiger partial charge in [-0.05, 0) is 6.07 Å². The Hall–Kier alpha value is -1.63. The van der Waals surface area contributed by atoms with Crippen molar-refractivity contribution in [3.8, 4) is 11.4 Å². The van der Waals surface area contributed by atoms with Crippen molar-refractivity contribution in [3.63, 3.8) is 0 Å². The van der Waals surface area contributed by atoms with Crippen molar-refractivity contribution in [1.29, 1.82) is 0 Å². The van der Waals surface area contributed by atoms with Crippen LogP contribution in [0.1, 0.15) is 0 Å². The van der Waals surface area contributed by atoms with E-state index in [1.807, 2.05) is 0 Å². The lowest BCUT2D eigenvalue weighted by atomic mass is 10.2. The van der Waals surface area contributed by atoms with Gasteiger partial charge in [-0.1, -0.05) is 0 Å². The molecule has 15 heavy (non-hydrogen) atoms. The van der Waals surface area contributed by atoms with E-state index in [4.69, 9.17) is 5.73 Å². The van der Waals surface area contributed by atoms with Gasteiger partial charge in [0.1, 0.15) is 5.82 Å². The second-order valence-corrected chi connectivity index (χ2v) is 3.49. The van der Waals surface area contributed by atoms with Crippen molar-refractivity contribution >= 4 is 16.7 Å². The first-order valence-corrected chi connectivity index (χ1v) is 4.59. The van der Waals surface area contributed by atoms with Crippen LogP contribution in [-0.4, -0.2) is 9.36 Å². The van der Waals surface area contributed by atoms with Gasteiger partial charge in [0.05, 0.1) is 5.56 Å². The number of benzene rings is 1. The van der Waals surface area contributed by atoms with Crippen molar-refractivity contribution in [1.82, 2.24) is 9.36 Å². The fourth-order valence-corrected chi connectivity index (χ4v) is 1.51. The van der Waals surface area contributed by atoms with E-state index in [2.05, 4.69) is 9.36 Å². The van der Waals surface area contributed by atoms with Gasteiger partial charge in [-0.3, -0.25) is 0 Å². The summed E-state index contributed by atoms with van der Waals surface area (Å²) < 4.78 is 42.5. The highest BCUT2D eigenvalue weighted by atomic mass is 32.1. The van der Waals surface area contributed by atoms with E-state index in [0.717, 1.165) is 17.6 Å². The molecule has 2 aromatic rings. The van der Waals surface area contributed by atoms with Gasteiger partial charge in [-0.25, -0.2) is 13.2 Å². The average molecular weight is 231 g/mol. The standard InChI is InChI=1S/C8H4F3N3S/c9-3-1-4(6(11)5(10)2-3)7-13-8(12)15-14-7/h1-2H,(H2,12,13,14). The molecule has 0 saturated heterocycles. The summed E-state index contributed by atoms with van der Waals surface area (Å²) in [7, 11) is 0. The van der Waals surface area contributed by atoms with Crippen LogP contribution in [0.5, 0.6) is 0 Å². The van der Waals surface area contributed by atoms with Crippen LogP contribution in [0.15, 0.2) is 12.1 Å². The predicted octanol–water partition coefficient (Wildman–Crippen LogP) is 2.20. The van der Waals surface area contributed by atoms with Crippen LogP contribution in [-0.2, 0) is 0 Å². The van der Waals surface area contributed by atoms with Crippen molar-refractivity contribution in [3.05, 3.63) is 29.6 Å². The summed E-state index contributed by atoms with van der Waals surface area (Å²) in [4.78, 5) is 3.64. The molecule has 2 rings (SSSR count). The van der Waals surface area contributed by atoms with Crippen molar-refractivity contribution in [2.45, 2.75) is 0 Å². The van der Waals surface area contributed by atoms with Gasteiger partial charge in [-0.2, -0.15) is 9.36 Å². The SMILES string of the molecule is Nc1nc(-c2cc(F)cc(F)c2F)ns1. The molecular weight excluding hydrogens is 227 g/mol. The molecule has 7 heteroatoms. The Labute approximate surface area is 86.5 Å². The summed E-state index contributed by atoms with van der Waals surface area (Å²) >= 11 is 0.825. The smallest absolute Gasteiger partial charge is 0.200 e. The zero-order valence-electron chi connectivity index (χ0n) is 7.17. The van der Waals surface area contributed by atoms with Crippen molar-refractivity contribution < 1.29 is 13.2 Å². The molecule has 0 spiro atoms. The van der Waals surface area contributed by atoms with Crippen LogP contribution >= 0.6 is 11.5 Å². The highest BCUT2D eigenvalue weighted by Gasteiger charge is 2.16. The number of nitrogen functional groups attached to an aromatic ring is 1. The van der Waals surface area contributed by atoms with Gasteiger partial charge in [0, 0.05) is 17.6 Å². The minimum atomic E-state index is -1.28. The number of hydrogen-bond acceptors (Lipinski definition) is 4. The first-order valence-electron chi connectivity index (χ1n) is 3.82. The molecule has 1 aromatic heterocycles. The topological polar surface area (TPSA) is 51.8 Å². The van der Waals surface area contributed by atoms with Gasteiger partial charge in [0.2, 0.25) is 0 Å². The lowest BCUT2D eigenvalue weighted by Crippen LogP contribution is -1.93. The van der Waals surface area contributed by atoms with E-state index in [1.165, 1.54) is 0 Å². The monoisotopic (exact) mass is 231 g/mol. The second kappa shape index (κ2) is 3.50. The lowest BCUT2D eigenvalue weighted by molar-refractivity contribution is 0.497. The summed E-state index contributed by atoms with van der Waals surface area (Å²) in [5, 5.41) is 0.106. The van der Waals surface area contributed by atoms with Gasteiger partial charge >= 0.3 is 0 Å². The molecule has 0 aliphatic heterocycles. The van der Waals surface area contributed by atoms with E-state index in [-0.39, 0.29) is 16.5 Å². The normalized spacial score (nSPS) is 10.6. The van der Waals surface area contributed by atoms with Crippen LogP contribution in [0, 0.1) is 17.5 Å². The molecule has 78 valence electrons. The zero-order valence-corrected chi connectivity index (χ0v) is 7.99. The van der Waals surface area contributed by atoms with Gasteiger partial charge in [-0.15, -0.1) is 0 Å². The van der Waals surface area contributed by atoms with Crippen LogP contribution in [0.25, 0.3) is 11.4 Å². The van der Waals surface area contributed by atoms with E-state index in [1.54, 1.807) is 0 Å². The molecule has 0 saturated carbocycles. The van der Waals surface area contributed by atoms with E-state index in [9.17, 15) is 13.2 Å². The van der Waals surface area contributed by atoms with Gasteiger partial charge < -0.3 is 5.73 Å². The highest BCUT2D eigenvalue weighted by molar-refractivity contribution is 7.09. The third-order valence-corrected chi connectivity index (χ3v) is 2.22. The fourth-order valence-electron chi connectivity index (χ4n) is 1.06. The molecule has 0 amide bonds. The maximum absolute atomic E-state index is 13.2. The maximum atomic E-state index is 13.2. The number of aromatic nitrogens is 2. The Balaban J connectivity index is 2.62. The molecule has 2 N–H and O–H groups in total. The Morgan fingerprint density at radius 2 is 1.93 bits per heavy atom. The molecule has 0 radical (unpaired) electrons. The average Bonchev–Trinajstić information content (AvgIpc) is 2.58. The number of hydrogen-bond donors (Lipinski definition) is 1. The Morgan fingerprint density at radius 3 is 2.53 bits per heavy atom. The van der Waals surface area contributed by atoms with Crippen LogP contribution in [0.2, 0.25) is 0 Å². The highest BCUT2D eigenvalue weighted by Crippen LogP contribution is 2.25. The third kappa shape index (κ3) is 1.78. The number of nitrogens with two attached hydrogens (primary N) is 1. The summed E-state index contributed by atoms with van der Waals surface area (Å²) in [5.74, 6) is -3.47. The minimum absolute atomic E-state index is 0.106. The number of nitrogens with zero attached hydrogens (tertiary/aromatic N) is 2. The molecule has 1 aromatic carbocycles. The number of halogens is 3. The minimum Gasteiger partial charge on any atom is -0.374 e. The van der Waals surface area contributed by atoms with Crippen LogP contribution < -0.4 is 5.73 Å². The summed E-state index contributed by atoms with van der Waals surface area (Å²) in [6, 6.07) is 1.27. The van der Waals surface area contributed by atoms with Crippen molar-refractivity contribution in [2.24, 2.45) is 0 Å². The van der Waals surface area contributed by atoms with E-state index in [0.29, 0.717) is 6.07 Å². The second-order valence-electron chi connectivity index (χ2n) is 2.71. The third-order valence-electron chi connectivity index (χ3n) is 1.68. The summed E-state index contributed by atoms with van der Waals surface area (Å²) in [6.45, 7) is 0. The molecule has 1 heterocycles. The molecule has 0 aliphatic carbocycles. The van der Waals surface area contributed by atoms with Gasteiger partial charge in [0.25, 0.3) is 0 Å². The number of anilines is 1. The predicted molar refractivity (Wildman–Crippen MR) is 49.6 cm³/mol. The lowest BCUT2D eigenvalue weighted by Gasteiger charge is -1.99. The number of rotatable bonds is 1. The zero-order chi connectivity index (χ0) is 11.0. The van der Waals surface area contributed by atoms with Gasteiger partial charge in [0.15, 0.2) is 22.6 Å². The largest absolute Gasteiger partial charge is 0.374 e. The molecular formula is C8H4F3N3S. The van der Waals surface area contributed by atoms with Crippen LogP contribution in [0.4, 0.5) is 18.3 Å².